The lowest BCUT2D eigenvalue weighted by molar-refractivity contribution is -0.140. The van der Waals surface area contributed by atoms with Gasteiger partial charge in [0.25, 0.3) is 10.0 Å². The molecule has 0 aliphatic carbocycles. The molecule has 1 N–H and O–H groups in total. The highest BCUT2D eigenvalue weighted by Gasteiger charge is 2.35. The maximum Gasteiger partial charge on any atom is 0.264 e. The second-order valence-corrected chi connectivity index (χ2v) is 14.9. The first-order valence-electron chi connectivity index (χ1n) is 15.5. The third-order valence-electron chi connectivity index (χ3n) is 7.87. The summed E-state index contributed by atoms with van der Waals surface area (Å²) in [5, 5.41) is 3.07. The van der Waals surface area contributed by atoms with Crippen LogP contribution in [0.4, 0.5) is 5.69 Å². The Bertz CT molecular complexity index is 1780. The number of hydrogen-bond donors (Lipinski definition) is 1. The Kier molecular flexibility index (Phi) is 10.7. The molecule has 4 aromatic carbocycles. The fourth-order valence-electron chi connectivity index (χ4n) is 5.26. The summed E-state index contributed by atoms with van der Waals surface area (Å²) in [6.45, 7) is 13.0. The molecule has 0 radical (unpaired) electrons. The maximum atomic E-state index is 14.6. The Morgan fingerprint density at radius 1 is 0.739 bits per heavy atom. The van der Waals surface area contributed by atoms with E-state index in [1.807, 2.05) is 109 Å². The van der Waals surface area contributed by atoms with Crippen molar-refractivity contribution < 1.29 is 18.0 Å². The number of sulfonamides is 1. The first-order chi connectivity index (χ1) is 21.6. The van der Waals surface area contributed by atoms with Gasteiger partial charge in [-0.3, -0.25) is 13.9 Å². The Labute approximate surface area is 274 Å². The van der Waals surface area contributed by atoms with Crippen molar-refractivity contribution >= 4 is 27.5 Å². The summed E-state index contributed by atoms with van der Waals surface area (Å²) in [5.41, 5.74) is 5.40. The summed E-state index contributed by atoms with van der Waals surface area (Å²) in [7, 11) is -4.16. The molecule has 2 amide bonds. The molecule has 242 valence electrons. The van der Waals surface area contributed by atoms with Crippen LogP contribution in [0.5, 0.6) is 0 Å². The van der Waals surface area contributed by atoms with Gasteiger partial charge >= 0.3 is 0 Å². The number of rotatable bonds is 11. The van der Waals surface area contributed by atoms with Crippen molar-refractivity contribution in [2.45, 2.75) is 77.9 Å². The van der Waals surface area contributed by atoms with Crippen molar-refractivity contribution in [1.29, 1.82) is 0 Å². The Morgan fingerprint density at radius 3 is 2.00 bits per heavy atom. The number of carbonyl (C=O) groups excluding carboxylic acids is 2. The Balaban J connectivity index is 1.84. The first-order valence-corrected chi connectivity index (χ1v) is 17.0. The van der Waals surface area contributed by atoms with Gasteiger partial charge < -0.3 is 10.2 Å². The minimum Gasteiger partial charge on any atom is -0.350 e. The smallest absolute Gasteiger partial charge is 0.264 e. The summed E-state index contributed by atoms with van der Waals surface area (Å²) >= 11 is 0. The second kappa shape index (κ2) is 14.3. The maximum absolute atomic E-state index is 14.6. The molecule has 4 aromatic rings. The lowest BCUT2D eigenvalue weighted by Gasteiger charge is -2.35. The van der Waals surface area contributed by atoms with E-state index in [1.54, 1.807) is 36.4 Å². The van der Waals surface area contributed by atoms with Gasteiger partial charge in [-0.15, -0.1) is 0 Å². The van der Waals surface area contributed by atoms with E-state index in [-0.39, 0.29) is 23.8 Å². The summed E-state index contributed by atoms with van der Waals surface area (Å²) < 4.78 is 29.7. The quantitative estimate of drug-likeness (QED) is 0.199. The highest BCUT2D eigenvalue weighted by molar-refractivity contribution is 7.92. The molecule has 0 aliphatic heterocycles. The minimum atomic E-state index is -4.16. The Hall–Kier alpha value is -4.43. The topological polar surface area (TPSA) is 86.8 Å². The summed E-state index contributed by atoms with van der Waals surface area (Å²) in [6, 6.07) is 28.4. The molecule has 0 aromatic heterocycles. The Morgan fingerprint density at radius 2 is 1.39 bits per heavy atom. The average Bonchev–Trinajstić information content (AvgIpc) is 2.99. The van der Waals surface area contributed by atoms with Crippen LogP contribution in [0.15, 0.2) is 102 Å². The molecule has 46 heavy (non-hydrogen) atoms. The first kappa shape index (κ1) is 34.4. The number of nitrogens with zero attached hydrogens (tertiary/aromatic N) is 2. The number of benzene rings is 4. The number of amides is 2. The molecule has 8 heteroatoms. The van der Waals surface area contributed by atoms with E-state index in [0.717, 1.165) is 37.7 Å². The van der Waals surface area contributed by atoms with Crippen molar-refractivity contribution in [3.63, 3.8) is 0 Å². The third-order valence-corrected chi connectivity index (χ3v) is 9.66. The fraction of sp³-hybridized carbons (Fsp3) is 0.316. The van der Waals surface area contributed by atoms with E-state index in [1.165, 1.54) is 4.90 Å². The zero-order chi connectivity index (χ0) is 33.6. The summed E-state index contributed by atoms with van der Waals surface area (Å²) in [4.78, 5) is 30.3. The van der Waals surface area contributed by atoms with Gasteiger partial charge in [-0.25, -0.2) is 8.42 Å². The summed E-state index contributed by atoms with van der Waals surface area (Å²) in [6.07, 6.45) is 0.259. The SMILES string of the molecule is Cc1ccc(S(=O)(=O)N(CC(=O)N(Cc2cccc(C)c2)[C@H](Cc2ccccc2)C(=O)NC(C)(C)C)c2ccc(C)c(C)c2)cc1. The van der Waals surface area contributed by atoms with Crippen LogP contribution < -0.4 is 9.62 Å². The lowest BCUT2D eigenvalue weighted by Crippen LogP contribution is -2.56. The van der Waals surface area contributed by atoms with Crippen LogP contribution in [0.3, 0.4) is 0 Å². The van der Waals surface area contributed by atoms with Crippen LogP contribution in [0, 0.1) is 27.7 Å². The predicted octanol–water partition coefficient (Wildman–Crippen LogP) is 6.67. The van der Waals surface area contributed by atoms with Gasteiger partial charge in [-0.2, -0.15) is 0 Å². The highest BCUT2D eigenvalue weighted by Crippen LogP contribution is 2.27. The van der Waals surface area contributed by atoms with E-state index in [9.17, 15) is 18.0 Å². The van der Waals surface area contributed by atoms with E-state index >= 15 is 0 Å². The number of hydrogen-bond acceptors (Lipinski definition) is 4. The molecular weight excluding hydrogens is 595 g/mol. The van der Waals surface area contributed by atoms with Crippen LogP contribution in [0.25, 0.3) is 0 Å². The zero-order valence-corrected chi connectivity index (χ0v) is 28.7. The molecule has 0 saturated carbocycles. The van der Waals surface area contributed by atoms with Crippen molar-refractivity contribution in [2.75, 3.05) is 10.8 Å². The normalized spacial score (nSPS) is 12.3. The number of nitrogens with one attached hydrogen (secondary N) is 1. The molecular formula is C38H45N3O4S. The van der Waals surface area contributed by atoms with Crippen LogP contribution in [-0.2, 0) is 32.6 Å². The fourth-order valence-corrected chi connectivity index (χ4v) is 6.67. The molecule has 7 nitrogen and oxygen atoms in total. The van der Waals surface area contributed by atoms with Crippen LogP contribution in [0.2, 0.25) is 0 Å². The van der Waals surface area contributed by atoms with Gasteiger partial charge in [0.1, 0.15) is 12.6 Å². The van der Waals surface area contributed by atoms with Crippen molar-refractivity contribution in [1.82, 2.24) is 10.2 Å². The van der Waals surface area contributed by atoms with Gasteiger partial charge in [-0.05, 0) is 95.0 Å². The average molecular weight is 640 g/mol. The van der Waals surface area contributed by atoms with E-state index < -0.39 is 34.1 Å². The predicted molar refractivity (Wildman–Crippen MR) is 185 cm³/mol. The van der Waals surface area contributed by atoms with Gasteiger partial charge in [0.2, 0.25) is 11.8 Å². The van der Waals surface area contributed by atoms with Crippen molar-refractivity contribution in [2.24, 2.45) is 0 Å². The molecule has 0 spiro atoms. The standard InChI is InChI=1S/C38H45N3O4S/c1-27-16-20-34(21-17-27)46(44,45)41(33-19-18-29(3)30(4)23-33)26-36(42)40(25-32-15-11-12-28(2)22-32)35(37(43)39-38(5,6)7)24-31-13-9-8-10-14-31/h8-23,35H,24-26H2,1-7H3,(H,39,43)/t35-/m1/s1. The molecule has 0 aliphatic rings. The van der Waals surface area contributed by atoms with Crippen LogP contribution >= 0.6 is 0 Å². The van der Waals surface area contributed by atoms with E-state index in [2.05, 4.69) is 5.32 Å². The molecule has 0 bridgehead atoms. The minimum absolute atomic E-state index is 0.0840. The van der Waals surface area contributed by atoms with E-state index in [4.69, 9.17) is 0 Å². The summed E-state index contributed by atoms with van der Waals surface area (Å²) in [5.74, 6) is -0.795. The van der Waals surface area contributed by atoms with Crippen LogP contribution in [-0.4, -0.2) is 43.3 Å². The molecule has 4 rings (SSSR count). The van der Waals surface area contributed by atoms with Gasteiger partial charge in [0.15, 0.2) is 0 Å². The highest BCUT2D eigenvalue weighted by atomic mass is 32.2. The number of aryl methyl sites for hydroxylation is 4. The number of anilines is 1. The monoisotopic (exact) mass is 639 g/mol. The third kappa shape index (κ3) is 8.85. The van der Waals surface area contributed by atoms with Gasteiger partial charge in [-0.1, -0.05) is 83.9 Å². The van der Waals surface area contributed by atoms with Gasteiger partial charge in [0, 0.05) is 18.5 Å². The molecule has 0 unspecified atom stereocenters. The number of carbonyl (C=O) groups is 2. The van der Waals surface area contributed by atoms with Crippen molar-refractivity contribution in [3.8, 4) is 0 Å². The zero-order valence-electron chi connectivity index (χ0n) is 27.9. The molecule has 0 fully saturated rings. The molecule has 1 atom stereocenters. The van der Waals surface area contributed by atoms with E-state index in [0.29, 0.717) is 5.69 Å². The molecule has 0 saturated heterocycles. The van der Waals surface area contributed by atoms with Gasteiger partial charge in [0.05, 0.1) is 10.6 Å². The van der Waals surface area contributed by atoms with Crippen molar-refractivity contribution in [3.05, 3.63) is 130 Å². The molecule has 0 heterocycles. The largest absolute Gasteiger partial charge is 0.350 e. The van der Waals surface area contributed by atoms with Crippen LogP contribution in [0.1, 0.15) is 54.2 Å². The second-order valence-electron chi connectivity index (χ2n) is 13.0. The lowest BCUT2D eigenvalue weighted by atomic mass is 10.0.